The molecule has 0 spiro atoms. The third-order valence-corrected chi connectivity index (χ3v) is 2.44. The molecule has 6 radical (unpaired) electrons. The second-order valence-corrected chi connectivity index (χ2v) is 8.12. The van der Waals surface area contributed by atoms with E-state index in [9.17, 15) is 0 Å². The van der Waals surface area contributed by atoms with Crippen LogP contribution in [0.4, 0.5) is 0 Å². The van der Waals surface area contributed by atoms with Crippen LogP contribution in [0.5, 0.6) is 0 Å². The van der Waals surface area contributed by atoms with E-state index in [0.29, 0.717) is 10.8 Å². The first-order chi connectivity index (χ1) is 9.03. The van der Waals surface area contributed by atoms with Crippen molar-refractivity contribution in [3.05, 3.63) is 63.2 Å². The molecule has 0 unspecified atom stereocenters. The number of rotatable bonds is 0. The summed E-state index contributed by atoms with van der Waals surface area (Å²) >= 11 is 0. The Morgan fingerprint density at radius 1 is 0.767 bits per heavy atom. The van der Waals surface area contributed by atoms with E-state index in [1.807, 2.05) is 0 Å². The molecule has 0 saturated carbocycles. The maximum atomic E-state index is 3.76. The van der Waals surface area contributed by atoms with E-state index < -0.39 is 0 Å². The fourth-order valence-corrected chi connectivity index (χ4v) is 1.20. The predicted molar refractivity (Wildman–Crippen MR) is 113 cm³/mol. The number of benzene rings is 1. The van der Waals surface area contributed by atoms with Crippen LogP contribution in [0.1, 0.15) is 73.4 Å². The van der Waals surface area contributed by atoms with Gasteiger partial charge in [-0.1, -0.05) is 97.7 Å². The minimum Gasteiger partial charge on any atom is -0.358 e. The van der Waals surface area contributed by atoms with E-state index in [-0.39, 0.29) is 251 Å². The SMILES string of the molecule is C.C1=Cc2ccccc2C1.CC(C)(C)C.[CH2-]CC(C)(C)C.[CH3-].[CH3-].[Y+3].[Y].[Y].[Y].[Y].[Y].[Y]. The van der Waals surface area contributed by atoms with Crippen molar-refractivity contribution in [1.82, 2.24) is 0 Å². The zero-order valence-corrected chi connectivity index (χ0v) is 40.5. The van der Waals surface area contributed by atoms with Crippen LogP contribution >= 0.6 is 0 Å². The normalized spacial score (nSPS) is 8.53. The molecule has 0 amide bonds. The minimum atomic E-state index is 0. The molecule has 1 aliphatic carbocycles. The summed E-state index contributed by atoms with van der Waals surface area (Å²) in [5.41, 5.74) is 3.77. The first-order valence-electron chi connectivity index (χ1n) is 7.56. The molecule has 0 heterocycles. The largest absolute Gasteiger partial charge is 3.00 e. The molecule has 2 rings (SSSR count). The maximum Gasteiger partial charge on any atom is 3.00 e. The zero-order valence-electron chi connectivity index (χ0n) is 20.6. The second-order valence-electron chi connectivity index (χ2n) is 8.12. The van der Waals surface area contributed by atoms with Gasteiger partial charge in [0.05, 0.1) is 0 Å². The maximum absolute atomic E-state index is 3.76. The summed E-state index contributed by atoms with van der Waals surface area (Å²) in [7, 11) is 0. The third kappa shape index (κ3) is 55.3. The monoisotopic (exact) mass is 942 g/mol. The molecule has 1 aromatic rings. The molecule has 0 bridgehead atoms. The van der Waals surface area contributed by atoms with Crippen LogP contribution in [0, 0.1) is 32.6 Å². The van der Waals surface area contributed by atoms with Gasteiger partial charge < -0.3 is 21.8 Å². The van der Waals surface area contributed by atoms with Gasteiger partial charge in [0, 0.05) is 196 Å². The van der Waals surface area contributed by atoms with Crippen LogP contribution in [-0.2, 0) is 235 Å². The van der Waals surface area contributed by atoms with Crippen LogP contribution in [0.15, 0.2) is 30.3 Å². The van der Waals surface area contributed by atoms with Gasteiger partial charge in [0.15, 0.2) is 0 Å². The molecule has 0 saturated heterocycles. The van der Waals surface area contributed by atoms with Crippen molar-refractivity contribution in [3.63, 3.8) is 0 Å². The minimum absolute atomic E-state index is 0. The Balaban J connectivity index is -0.0000000178. The molecule has 0 nitrogen and oxygen atoms in total. The molecule has 0 fully saturated rings. The molecule has 1 aromatic carbocycles. The second kappa shape index (κ2) is 40.2. The topological polar surface area (TPSA) is 0 Å². The molecule has 0 aliphatic heterocycles. The van der Waals surface area contributed by atoms with Gasteiger partial charge in [-0.05, 0) is 23.0 Å². The summed E-state index contributed by atoms with van der Waals surface area (Å²) in [4.78, 5) is 0. The summed E-state index contributed by atoms with van der Waals surface area (Å²) in [5, 5.41) is 0. The first kappa shape index (κ1) is 70.8. The number of hydrogen-bond donors (Lipinski definition) is 0. The Bertz CT molecular complexity index is 414. The fraction of sp³-hybridized carbons (Fsp3) is 0.522. The number of hydrogen-bond acceptors (Lipinski definition) is 0. The number of allylic oxidation sites excluding steroid dienone is 1. The van der Waals surface area contributed by atoms with Gasteiger partial charge in [-0.3, -0.25) is 0 Å². The van der Waals surface area contributed by atoms with Crippen LogP contribution in [0.3, 0.4) is 0 Å². The third-order valence-electron chi connectivity index (χ3n) is 2.44. The van der Waals surface area contributed by atoms with Crippen molar-refractivity contribution >= 4 is 6.08 Å². The van der Waals surface area contributed by atoms with Gasteiger partial charge in [-0.15, -0.1) is 0 Å². The van der Waals surface area contributed by atoms with E-state index in [0.717, 1.165) is 12.8 Å². The van der Waals surface area contributed by atoms with Crippen molar-refractivity contribution in [2.75, 3.05) is 0 Å². The van der Waals surface area contributed by atoms with E-state index in [4.69, 9.17) is 0 Å². The fourth-order valence-electron chi connectivity index (χ4n) is 1.20. The van der Waals surface area contributed by atoms with Gasteiger partial charge in [-0.2, -0.15) is 6.42 Å². The van der Waals surface area contributed by atoms with Crippen molar-refractivity contribution in [1.29, 1.82) is 0 Å². The first-order valence-corrected chi connectivity index (χ1v) is 7.56. The molecule has 7 heteroatoms. The Morgan fingerprint density at radius 2 is 1.07 bits per heavy atom. The van der Waals surface area contributed by atoms with E-state index in [1.165, 1.54) is 11.1 Å². The van der Waals surface area contributed by atoms with E-state index in [1.54, 1.807) is 0 Å². The average Bonchev–Trinajstić information content (AvgIpc) is 2.74. The molecule has 1 aliphatic rings. The quantitative estimate of drug-likeness (QED) is 0.231. The summed E-state index contributed by atoms with van der Waals surface area (Å²) in [6.07, 6.45) is 6.52. The molecular weight excluding hydrogens is 899 g/mol. The Labute approximate surface area is 369 Å². The Kier molecular flexibility index (Phi) is 94.9. The summed E-state index contributed by atoms with van der Waals surface area (Å²) in [6, 6.07) is 8.49. The smallest absolute Gasteiger partial charge is 0.358 e. The molecule has 30 heavy (non-hydrogen) atoms. The van der Waals surface area contributed by atoms with Crippen LogP contribution in [-0.4, -0.2) is 0 Å². The standard InChI is InChI=1S/C9H8.C6H13.C5H12.CH4.2CH3.7Y/c1-2-5-9-7-3-6-8(9)4-1;1-5-6(2,3)4;1-5(2,3)4;;;;;;;;;;/h1-6H,7H2;1,5H2,2-4H3;1-4H3;1H4;2*1H3;;;;;;;/q;-1;;;2*-1;;;;;;;+3. The Morgan fingerprint density at radius 3 is 1.33 bits per heavy atom. The Hall–Kier alpha value is 6.69. The van der Waals surface area contributed by atoms with Crippen molar-refractivity contribution in [2.45, 2.75) is 68.7 Å². The van der Waals surface area contributed by atoms with Gasteiger partial charge >= 0.3 is 32.7 Å². The van der Waals surface area contributed by atoms with E-state index in [2.05, 4.69) is 91.8 Å². The van der Waals surface area contributed by atoms with E-state index >= 15 is 0 Å². The summed E-state index contributed by atoms with van der Waals surface area (Å²) < 4.78 is 0. The van der Waals surface area contributed by atoms with Crippen molar-refractivity contribution in [2.24, 2.45) is 10.8 Å². The van der Waals surface area contributed by atoms with Crippen molar-refractivity contribution < 1.29 is 229 Å². The predicted octanol–water partition coefficient (Wildman–Crippen LogP) is 8.08. The molecule has 0 atom stereocenters. The van der Waals surface area contributed by atoms with Crippen LogP contribution in [0.2, 0.25) is 0 Å². The van der Waals surface area contributed by atoms with Crippen LogP contribution in [0.25, 0.3) is 6.08 Å². The average molecular weight is 942 g/mol. The molecule has 0 aromatic heterocycles. The molecule has 156 valence electrons. The van der Waals surface area contributed by atoms with Crippen molar-refractivity contribution in [3.8, 4) is 0 Å². The van der Waals surface area contributed by atoms with Gasteiger partial charge in [0.1, 0.15) is 0 Å². The van der Waals surface area contributed by atoms with Crippen LogP contribution < -0.4 is 0 Å². The zero-order chi connectivity index (χ0) is 15.8. The van der Waals surface area contributed by atoms with Gasteiger partial charge in [0.2, 0.25) is 0 Å². The number of fused-ring (bicyclic) bond motifs is 1. The molecular formula is C23H43Y7. The van der Waals surface area contributed by atoms with Gasteiger partial charge in [0.25, 0.3) is 0 Å². The summed E-state index contributed by atoms with van der Waals surface area (Å²) in [5.74, 6) is 0. The van der Waals surface area contributed by atoms with Gasteiger partial charge in [-0.25, -0.2) is 0 Å². The summed E-state index contributed by atoms with van der Waals surface area (Å²) in [6.45, 7) is 19.0. The molecule has 0 N–H and O–H groups in total.